The second-order valence-corrected chi connectivity index (χ2v) is 12.7. The Morgan fingerprint density at radius 2 is 1.69 bits per heavy atom. The molecule has 224 valence electrons. The van der Waals surface area contributed by atoms with Gasteiger partial charge in [-0.05, 0) is 78.4 Å². The summed E-state index contributed by atoms with van der Waals surface area (Å²) in [6.45, 7) is 0. The third kappa shape index (κ3) is 5.44. The van der Waals surface area contributed by atoms with Crippen LogP contribution in [0.15, 0.2) is 103 Å². The maximum Gasteiger partial charge on any atom is 0.345 e. The maximum absolute atomic E-state index is 13.0. The first-order valence-corrected chi connectivity index (χ1v) is 15.6. The highest BCUT2D eigenvalue weighted by molar-refractivity contribution is 9.10. The van der Waals surface area contributed by atoms with Crippen LogP contribution in [0.25, 0.3) is 27.5 Å². The molecule has 0 bridgehead atoms. The number of thiazole rings is 1. The number of hydrogen-bond donors (Lipinski definition) is 0. The van der Waals surface area contributed by atoms with Crippen molar-refractivity contribution in [3.63, 3.8) is 0 Å². The second kappa shape index (κ2) is 11.5. The highest BCUT2D eigenvalue weighted by Gasteiger charge is 2.43. The lowest BCUT2D eigenvalue weighted by Gasteiger charge is -2.29. The molecule has 5 aromatic rings. The number of halogens is 1. The number of aromatic nitrogens is 1. The van der Waals surface area contributed by atoms with Gasteiger partial charge in [0.2, 0.25) is 5.13 Å². The number of nitrogens with zero attached hydrogens (tertiary/aromatic N) is 5. The Kier molecular flexibility index (Phi) is 7.34. The van der Waals surface area contributed by atoms with Crippen molar-refractivity contribution in [2.45, 2.75) is 25.3 Å². The molecule has 1 aliphatic heterocycles. The van der Waals surface area contributed by atoms with Crippen molar-refractivity contribution in [1.82, 2.24) is 4.98 Å². The zero-order valence-corrected chi connectivity index (χ0v) is 25.7. The molecule has 0 N–H and O–H groups in total. The highest BCUT2D eigenvalue weighted by atomic mass is 79.9. The largest absolute Gasteiger partial charge is 0.422 e. The first kappa shape index (κ1) is 28.7. The van der Waals surface area contributed by atoms with Crippen LogP contribution in [0, 0.1) is 26.1 Å². The molecule has 7 rings (SSSR count). The summed E-state index contributed by atoms with van der Waals surface area (Å²) in [6, 6.07) is 19.8. The van der Waals surface area contributed by atoms with E-state index in [-0.39, 0.29) is 23.3 Å². The minimum absolute atomic E-state index is 0.00182. The lowest BCUT2D eigenvalue weighted by molar-refractivity contribution is -0.385. The Hall–Kier alpha value is -5.01. The monoisotopic (exact) mass is 683 g/mol. The van der Waals surface area contributed by atoms with Gasteiger partial charge in [0.15, 0.2) is 0 Å². The SMILES string of the molecule is O=c1oc2ccc(Br)cc2cc1-c1cnc(N2N=C3/C(=C\c4ccc([N+](=O)[O-])cc4)CCC[C@@H]3[C@@H]2c2ccc([N+](=O)[O-])cc2)s1. The van der Waals surface area contributed by atoms with E-state index in [9.17, 15) is 25.0 Å². The van der Waals surface area contributed by atoms with Crippen LogP contribution in [0.2, 0.25) is 0 Å². The average molecular weight is 685 g/mol. The van der Waals surface area contributed by atoms with E-state index in [1.165, 1.54) is 35.6 Å². The number of rotatable bonds is 6. The molecule has 45 heavy (non-hydrogen) atoms. The molecule has 1 fully saturated rings. The van der Waals surface area contributed by atoms with Gasteiger partial charge in [0.05, 0.1) is 32.0 Å². The average Bonchev–Trinajstić information content (AvgIpc) is 3.67. The smallest absolute Gasteiger partial charge is 0.345 e. The van der Waals surface area contributed by atoms with Gasteiger partial charge >= 0.3 is 5.63 Å². The molecule has 0 unspecified atom stereocenters. The lowest BCUT2D eigenvalue weighted by atomic mass is 9.77. The van der Waals surface area contributed by atoms with Crippen LogP contribution in [0.3, 0.4) is 0 Å². The minimum atomic E-state index is -0.471. The molecule has 2 aromatic heterocycles. The predicted molar refractivity (Wildman–Crippen MR) is 175 cm³/mol. The van der Waals surface area contributed by atoms with Crippen molar-refractivity contribution in [3.05, 3.63) is 131 Å². The fraction of sp³-hybridized carbons (Fsp3) is 0.156. The van der Waals surface area contributed by atoms with Crippen LogP contribution >= 0.6 is 27.3 Å². The van der Waals surface area contributed by atoms with E-state index in [1.54, 1.807) is 42.6 Å². The number of anilines is 1. The van der Waals surface area contributed by atoms with E-state index < -0.39 is 15.5 Å². The van der Waals surface area contributed by atoms with E-state index in [0.717, 1.165) is 51.5 Å². The Labute approximate surface area is 267 Å². The molecule has 0 amide bonds. The number of nitro benzene ring substituents is 2. The normalized spacial score (nSPS) is 18.6. The number of nitro groups is 2. The molecule has 0 spiro atoms. The summed E-state index contributed by atoms with van der Waals surface area (Å²) in [6.07, 6.45) is 6.17. The second-order valence-electron chi connectivity index (χ2n) is 10.8. The van der Waals surface area contributed by atoms with Crippen LogP contribution in [-0.2, 0) is 0 Å². The third-order valence-electron chi connectivity index (χ3n) is 8.04. The summed E-state index contributed by atoms with van der Waals surface area (Å²) in [5.41, 5.74) is 4.01. The molecule has 0 radical (unpaired) electrons. The van der Waals surface area contributed by atoms with Crippen LogP contribution < -0.4 is 10.6 Å². The highest BCUT2D eigenvalue weighted by Crippen LogP contribution is 2.48. The minimum Gasteiger partial charge on any atom is -0.422 e. The summed E-state index contributed by atoms with van der Waals surface area (Å²) in [7, 11) is 0. The van der Waals surface area contributed by atoms with Gasteiger partial charge in [-0.1, -0.05) is 39.4 Å². The molecular formula is C32H22BrN5O6S. The first-order chi connectivity index (χ1) is 21.7. The van der Waals surface area contributed by atoms with E-state index >= 15 is 0 Å². The van der Waals surface area contributed by atoms with E-state index in [1.807, 2.05) is 23.2 Å². The van der Waals surface area contributed by atoms with Gasteiger partial charge in [0, 0.05) is 46.2 Å². The van der Waals surface area contributed by atoms with Crippen LogP contribution in [-0.4, -0.2) is 20.5 Å². The Morgan fingerprint density at radius 3 is 2.40 bits per heavy atom. The summed E-state index contributed by atoms with van der Waals surface area (Å²) in [5, 5.41) is 30.8. The van der Waals surface area contributed by atoms with Crippen LogP contribution in [0.5, 0.6) is 0 Å². The zero-order valence-electron chi connectivity index (χ0n) is 23.3. The lowest BCUT2D eigenvalue weighted by Crippen LogP contribution is -2.28. The summed E-state index contributed by atoms with van der Waals surface area (Å²) in [4.78, 5) is 39.9. The Balaban J connectivity index is 1.30. The molecule has 2 atom stereocenters. The van der Waals surface area contributed by atoms with Gasteiger partial charge in [0.25, 0.3) is 11.4 Å². The molecule has 1 saturated carbocycles. The Morgan fingerprint density at radius 1 is 0.978 bits per heavy atom. The molecular weight excluding hydrogens is 662 g/mol. The van der Waals surface area contributed by atoms with Crippen molar-refractivity contribution < 1.29 is 14.3 Å². The topological polar surface area (TPSA) is 145 Å². The molecule has 11 nitrogen and oxygen atoms in total. The number of hydrogen-bond acceptors (Lipinski definition) is 10. The number of allylic oxidation sites excluding steroid dienone is 1. The van der Waals surface area contributed by atoms with Gasteiger partial charge < -0.3 is 4.42 Å². The molecule has 0 saturated heterocycles. The van der Waals surface area contributed by atoms with Crippen molar-refractivity contribution >= 4 is 66.5 Å². The quantitative estimate of drug-likeness (QED) is 0.0987. The van der Waals surface area contributed by atoms with E-state index in [0.29, 0.717) is 21.2 Å². The number of hydrazone groups is 1. The van der Waals surface area contributed by atoms with Crippen molar-refractivity contribution in [2.75, 3.05) is 5.01 Å². The van der Waals surface area contributed by atoms with Gasteiger partial charge in [-0.25, -0.2) is 14.8 Å². The molecule has 1 aliphatic carbocycles. The van der Waals surface area contributed by atoms with Crippen LogP contribution in [0.1, 0.15) is 36.4 Å². The fourth-order valence-electron chi connectivity index (χ4n) is 5.94. The van der Waals surface area contributed by atoms with E-state index in [4.69, 9.17) is 9.52 Å². The van der Waals surface area contributed by atoms with Crippen LogP contribution in [0.4, 0.5) is 16.5 Å². The van der Waals surface area contributed by atoms with Crippen molar-refractivity contribution in [2.24, 2.45) is 11.0 Å². The molecule has 2 aliphatic rings. The standard InChI is InChI=1S/C32H22BrN5O6S/c33-22-8-13-27-21(15-22)16-26(31(39)44-27)28-17-34-32(45-28)36-30(19-6-11-24(12-7-19)38(42)43)25-3-1-2-20(29(25)35-36)14-18-4-9-23(10-5-18)37(40)41/h4-17,25,30H,1-3H2/b20-14-/t25-,30-/m0/s1. The van der Waals surface area contributed by atoms with Crippen molar-refractivity contribution in [3.8, 4) is 10.4 Å². The van der Waals surface area contributed by atoms with Gasteiger partial charge in [-0.15, -0.1) is 0 Å². The molecule has 3 aromatic carbocycles. The van der Waals surface area contributed by atoms with Gasteiger partial charge in [-0.2, -0.15) is 5.10 Å². The van der Waals surface area contributed by atoms with Gasteiger partial charge in [-0.3, -0.25) is 20.2 Å². The summed E-state index contributed by atoms with van der Waals surface area (Å²) >= 11 is 4.78. The molecule has 3 heterocycles. The predicted octanol–water partition coefficient (Wildman–Crippen LogP) is 8.30. The van der Waals surface area contributed by atoms with E-state index in [2.05, 4.69) is 20.9 Å². The molecule has 13 heteroatoms. The summed E-state index contributed by atoms with van der Waals surface area (Å²) < 4.78 is 6.45. The van der Waals surface area contributed by atoms with Gasteiger partial charge in [0.1, 0.15) is 5.58 Å². The summed E-state index contributed by atoms with van der Waals surface area (Å²) in [5.74, 6) is -0.0278. The number of non-ortho nitro benzene ring substituents is 2. The van der Waals surface area contributed by atoms with Crippen molar-refractivity contribution in [1.29, 1.82) is 0 Å². The number of fused-ring (bicyclic) bond motifs is 2. The third-order valence-corrected chi connectivity index (χ3v) is 9.55. The first-order valence-electron chi connectivity index (χ1n) is 14.0. The number of benzene rings is 3. The Bertz CT molecular complexity index is 2110. The zero-order chi connectivity index (χ0) is 31.2. The maximum atomic E-state index is 13.0. The fourth-order valence-corrected chi connectivity index (χ4v) is 7.23.